The smallest absolute Gasteiger partial charge is 0.413 e. The molecule has 0 saturated carbocycles. The quantitative estimate of drug-likeness (QED) is 0.644. The first-order valence-electron chi connectivity index (χ1n) is 10.0. The van der Waals surface area contributed by atoms with Crippen LogP contribution in [0, 0.1) is 0 Å². The van der Waals surface area contributed by atoms with Gasteiger partial charge in [0.15, 0.2) is 6.23 Å². The zero-order chi connectivity index (χ0) is 21.8. The van der Waals surface area contributed by atoms with E-state index in [2.05, 4.69) is 0 Å². The van der Waals surface area contributed by atoms with E-state index in [1.165, 1.54) is 12.0 Å². The lowest BCUT2D eigenvalue weighted by Crippen LogP contribution is -2.53. The lowest BCUT2D eigenvalue weighted by molar-refractivity contribution is -0.145. The number of benzene rings is 3. The first-order chi connectivity index (χ1) is 15.1. The number of fused-ring (bicyclic) bond motifs is 1. The van der Waals surface area contributed by atoms with Crippen LogP contribution in [0.2, 0.25) is 0 Å². The highest BCUT2D eigenvalue weighted by Crippen LogP contribution is 2.35. The Labute approximate surface area is 180 Å². The predicted octanol–water partition coefficient (Wildman–Crippen LogP) is 4.38. The molecule has 1 aliphatic rings. The molecule has 2 atom stereocenters. The van der Waals surface area contributed by atoms with Crippen molar-refractivity contribution in [2.24, 2.45) is 0 Å². The van der Waals surface area contributed by atoms with Gasteiger partial charge in [-0.05, 0) is 28.8 Å². The number of hydrogen-bond acceptors (Lipinski definition) is 4. The standard InChI is InChI=1S/C25H23NO5/c1-30-25(29)26(21(24(27)28)14-17-8-4-2-5-9-17)23-16-20-15-19(12-13-22(20)31-23)18-10-6-3-7-11-18/h2-13,15,21,23H,14,16H2,1H3,(H,27,28)/t21-,23?/m1/s1. The van der Waals surface area contributed by atoms with E-state index in [0.717, 1.165) is 22.3 Å². The van der Waals surface area contributed by atoms with Crippen LogP contribution in [0.1, 0.15) is 11.1 Å². The molecule has 0 radical (unpaired) electrons. The molecule has 3 aromatic carbocycles. The predicted molar refractivity (Wildman–Crippen MR) is 116 cm³/mol. The first kappa shape index (κ1) is 20.5. The van der Waals surface area contributed by atoms with Crippen LogP contribution in [0.3, 0.4) is 0 Å². The summed E-state index contributed by atoms with van der Waals surface area (Å²) in [6.45, 7) is 0. The Bertz CT molecular complexity index is 1070. The van der Waals surface area contributed by atoms with E-state index in [4.69, 9.17) is 9.47 Å². The second-order valence-electron chi connectivity index (χ2n) is 7.39. The molecule has 1 unspecified atom stereocenters. The second kappa shape index (κ2) is 8.92. The van der Waals surface area contributed by atoms with Gasteiger partial charge >= 0.3 is 12.1 Å². The molecule has 1 heterocycles. The fourth-order valence-electron chi connectivity index (χ4n) is 3.89. The number of methoxy groups -OCH3 is 1. The van der Waals surface area contributed by atoms with Crippen molar-refractivity contribution in [3.8, 4) is 16.9 Å². The molecule has 1 N–H and O–H groups in total. The molecular weight excluding hydrogens is 394 g/mol. The number of amides is 1. The highest BCUT2D eigenvalue weighted by molar-refractivity contribution is 5.80. The van der Waals surface area contributed by atoms with Gasteiger partial charge in [-0.25, -0.2) is 9.59 Å². The molecule has 0 spiro atoms. The second-order valence-corrected chi connectivity index (χ2v) is 7.39. The van der Waals surface area contributed by atoms with Crippen molar-refractivity contribution in [2.45, 2.75) is 25.1 Å². The van der Waals surface area contributed by atoms with Crippen molar-refractivity contribution in [1.82, 2.24) is 4.90 Å². The van der Waals surface area contributed by atoms with E-state index in [0.29, 0.717) is 12.2 Å². The van der Waals surface area contributed by atoms with Gasteiger partial charge in [0.1, 0.15) is 11.8 Å². The average Bonchev–Trinajstić information content (AvgIpc) is 3.22. The molecule has 0 saturated heterocycles. The lowest BCUT2D eigenvalue weighted by Gasteiger charge is -2.32. The van der Waals surface area contributed by atoms with Crippen LogP contribution in [-0.4, -0.2) is 41.4 Å². The molecule has 1 aliphatic heterocycles. The van der Waals surface area contributed by atoms with Gasteiger partial charge < -0.3 is 14.6 Å². The fourth-order valence-corrected chi connectivity index (χ4v) is 3.89. The van der Waals surface area contributed by atoms with Crippen molar-refractivity contribution in [3.63, 3.8) is 0 Å². The molecule has 1 amide bonds. The van der Waals surface area contributed by atoms with Gasteiger partial charge in [-0.2, -0.15) is 0 Å². The number of carboxylic acid groups (broad SMARTS) is 1. The summed E-state index contributed by atoms with van der Waals surface area (Å²) in [6.07, 6.45) is -0.969. The summed E-state index contributed by atoms with van der Waals surface area (Å²) in [5.74, 6) is -0.471. The maximum absolute atomic E-state index is 12.6. The number of rotatable bonds is 6. The minimum atomic E-state index is -1.12. The average molecular weight is 417 g/mol. The number of carbonyl (C=O) groups excluding carboxylic acids is 1. The summed E-state index contributed by atoms with van der Waals surface area (Å²) in [6, 6.07) is 23.9. The number of carbonyl (C=O) groups is 2. The molecule has 0 aliphatic carbocycles. The minimum Gasteiger partial charge on any atom is -0.480 e. The topological polar surface area (TPSA) is 76.1 Å². The minimum absolute atomic E-state index is 0.150. The molecule has 6 heteroatoms. The van der Waals surface area contributed by atoms with E-state index in [1.807, 2.05) is 78.9 Å². The van der Waals surface area contributed by atoms with E-state index in [-0.39, 0.29) is 6.42 Å². The number of carboxylic acids is 1. The Morgan fingerprint density at radius 2 is 1.71 bits per heavy atom. The van der Waals surface area contributed by atoms with Crippen LogP contribution in [0.25, 0.3) is 11.1 Å². The SMILES string of the molecule is COC(=O)N(C1Cc2cc(-c3ccccc3)ccc2O1)[C@H](Cc1ccccc1)C(=O)O. The summed E-state index contributed by atoms with van der Waals surface area (Å²) >= 11 is 0. The summed E-state index contributed by atoms with van der Waals surface area (Å²) in [5.41, 5.74) is 3.84. The number of nitrogens with zero attached hydrogens (tertiary/aromatic N) is 1. The van der Waals surface area contributed by atoms with E-state index in [1.54, 1.807) is 0 Å². The van der Waals surface area contributed by atoms with Crippen LogP contribution in [0.15, 0.2) is 78.9 Å². The lowest BCUT2D eigenvalue weighted by atomic mass is 10.0. The third kappa shape index (κ3) is 4.38. The Morgan fingerprint density at radius 1 is 1.03 bits per heavy atom. The maximum atomic E-state index is 12.6. The number of ether oxygens (including phenoxy) is 2. The Balaban J connectivity index is 1.61. The third-order valence-electron chi connectivity index (χ3n) is 5.41. The maximum Gasteiger partial charge on any atom is 0.413 e. The number of aliphatic carboxylic acids is 1. The van der Waals surface area contributed by atoms with Crippen LogP contribution in [0.5, 0.6) is 5.75 Å². The zero-order valence-electron chi connectivity index (χ0n) is 17.1. The number of hydrogen-bond donors (Lipinski definition) is 1. The van der Waals surface area contributed by atoms with Gasteiger partial charge in [0, 0.05) is 18.4 Å². The Morgan fingerprint density at radius 3 is 2.35 bits per heavy atom. The first-order valence-corrected chi connectivity index (χ1v) is 10.0. The van der Waals surface area contributed by atoms with Crippen molar-refractivity contribution in [3.05, 3.63) is 90.0 Å². The van der Waals surface area contributed by atoms with Crippen molar-refractivity contribution in [1.29, 1.82) is 0 Å². The van der Waals surface area contributed by atoms with Gasteiger partial charge in [0.05, 0.1) is 7.11 Å². The van der Waals surface area contributed by atoms with Gasteiger partial charge in [0.25, 0.3) is 0 Å². The van der Waals surface area contributed by atoms with Gasteiger partial charge in [0.2, 0.25) is 0 Å². The van der Waals surface area contributed by atoms with Gasteiger partial charge in [-0.3, -0.25) is 4.90 Å². The zero-order valence-corrected chi connectivity index (χ0v) is 17.1. The third-order valence-corrected chi connectivity index (χ3v) is 5.41. The summed E-state index contributed by atoms with van der Waals surface area (Å²) < 4.78 is 10.9. The molecule has 4 rings (SSSR count). The molecule has 0 bridgehead atoms. The Kier molecular flexibility index (Phi) is 5.89. The largest absolute Gasteiger partial charge is 0.480 e. The van der Waals surface area contributed by atoms with Crippen molar-refractivity contribution in [2.75, 3.05) is 7.11 Å². The summed E-state index contributed by atoms with van der Waals surface area (Å²) in [4.78, 5) is 26.0. The molecule has 0 aromatic heterocycles. The highest BCUT2D eigenvalue weighted by atomic mass is 16.6. The van der Waals surface area contributed by atoms with Crippen LogP contribution < -0.4 is 4.74 Å². The van der Waals surface area contributed by atoms with Crippen molar-refractivity contribution >= 4 is 12.1 Å². The normalized spacial score (nSPS) is 15.5. The molecular formula is C25H23NO5. The fraction of sp³-hybridized carbons (Fsp3) is 0.200. The van der Waals surface area contributed by atoms with Gasteiger partial charge in [-0.15, -0.1) is 0 Å². The molecule has 158 valence electrons. The van der Waals surface area contributed by atoms with E-state index in [9.17, 15) is 14.7 Å². The van der Waals surface area contributed by atoms with Crippen molar-refractivity contribution < 1.29 is 24.2 Å². The molecule has 3 aromatic rings. The Hall–Kier alpha value is -3.80. The van der Waals surface area contributed by atoms with E-state index < -0.39 is 24.3 Å². The summed E-state index contributed by atoms with van der Waals surface area (Å²) in [5, 5.41) is 9.91. The van der Waals surface area contributed by atoms with E-state index >= 15 is 0 Å². The van der Waals surface area contributed by atoms with Crippen LogP contribution in [0.4, 0.5) is 4.79 Å². The molecule has 0 fully saturated rings. The van der Waals surface area contributed by atoms with Gasteiger partial charge in [-0.1, -0.05) is 66.7 Å². The van der Waals surface area contributed by atoms with Crippen LogP contribution >= 0.6 is 0 Å². The highest BCUT2D eigenvalue weighted by Gasteiger charge is 2.40. The molecule has 31 heavy (non-hydrogen) atoms. The molecule has 6 nitrogen and oxygen atoms in total. The summed E-state index contributed by atoms with van der Waals surface area (Å²) in [7, 11) is 1.24. The monoisotopic (exact) mass is 417 g/mol. The van der Waals surface area contributed by atoms with Crippen LogP contribution in [-0.2, 0) is 22.4 Å².